The minimum absolute atomic E-state index is 0.0524. The lowest BCUT2D eigenvalue weighted by Crippen LogP contribution is -2.22. The molecule has 0 aliphatic rings. The van der Waals surface area contributed by atoms with E-state index in [0.29, 0.717) is 28.6 Å². The minimum atomic E-state index is -0.403. The molecule has 0 spiro atoms. The molecule has 1 N–H and O–H groups in total. The van der Waals surface area contributed by atoms with E-state index in [4.69, 9.17) is 18.2 Å². The van der Waals surface area contributed by atoms with Crippen molar-refractivity contribution >= 4 is 16.9 Å². The average Bonchev–Trinajstić information content (AvgIpc) is 3.37. The average molecular weight is 354 g/mol. The van der Waals surface area contributed by atoms with Crippen LogP contribution in [0.5, 0.6) is 5.75 Å². The molecular weight excluding hydrogens is 340 g/mol. The summed E-state index contributed by atoms with van der Waals surface area (Å²) in [5.41, 5.74) is 0.981. The second-order valence-corrected chi connectivity index (χ2v) is 5.51. The Bertz CT molecular complexity index is 1080. The fraction of sp³-hybridized carbons (Fsp3) is 0.176. The van der Waals surface area contributed by atoms with Gasteiger partial charge in [-0.05, 0) is 19.1 Å². The van der Waals surface area contributed by atoms with Crippen LogP contribution in [-0.4, -0.2) is 28.3 Å². The first-order valence-electron chi connectivity index (χ1n) is 7.75. The normalized spacial score (nSPS) is 11.0. The number of amides is 1. The molecule has 4 aromatic rings. The van der Waals surface area contributed by atoms with Crippen LogP contribution in [0.3, 0.4) is 0 Å². The highest BCUT2D eigenvalue weighted by atomic mass is 16.5. The number of carbonyl (C=O) groups is 1. The first-order valence-corrected chi connectivity index (χ1v) is 7.75. The van der Waals surface area contributed by atoms with E-state index in [-0.39, 0.29) is 18.2 Å². The number of aromatic nitrogens is 3. The second-order valence-electron chi connectivity index (χ2n) is 5.51. The molecule has 0 radical (unpaired) electrons. The molecule has 4 rings (SSSR count). The van der Waals surface area contributed by atoms with Gasteiger partial charge in [0.1, 0.15) is 5.76 Å². The van der Waals surface area contributed by atoms with Crippen LogP contribution in [0.4, 0.5) is 0 Å². The van der Waals surface area contributed by atoms with Crippen LogP contribution in [0.25, 0.3) is 22.5 Å². The van der Waals surface area contributed by atoms with Crippen LogP contribution in [0.2, 0.25) is 0 Å². The summed E-state index contributed by atoms with van der Waals surface area (Å²) in [6, 6.07) is 8.75. The Balaban J connectivity index is 1.46. The topological polar surface area (TPSA) is 116 Å². The quantitative estimate of drug-likeness (QED) is 0.581. The molecule has 0 saturated heterocycles. The van der Waals surface area contributed by atoms with Gasteiger partial charge in [-0.2, -0.15) is 4.98 Å². The Morgan fingerprint density at radius 2 is 2.12 bits per heavy atom. The third-order valence-corrected chi connectivity index (χ3v) is 3.68. The summed E-state index contributed by atoms with van der Waals surface area (Å²) in [6.07, 6.45) is 0. The number of para-hydroxylation sites is 1. The zero-order chi connectivity index (χ0) is 18.1. The summed E-state index contributed by atoms with van der Waals surface area (Å²) in [5, 5.41) is 11.1. The van der Waals surface area contributed by atoms with Gasteiger partial charge in [-0.3, -0.25) is 4.79 Å². The third kappa shape index (κ3) is 2.90. The number of ether oxygens (including phenoxy) is 1. The molecular formula is C17H14N4O5. The number of nitrogens with one attached hydrogen (secondary N) is 1. The largest absolute Gasteiger partial charge is 0.493 e. The van der Waals surface area contributed by atoms with E-state index in [0.717, 1.165) is 5.39 Å². The van der Waals surface area contributed by atoms with E-state index >= 15 is 0 Å². The van der Waals surface area contributed by atoms with Crippen molar-refractivity contribution in [3.05, 3.63) is 47.7 Å². The molecule has 1 amide bonds. The maximum absolute atomic E-state index is 12.3. The zero-order valence-electron chi connectivity index (χ0n) is 14.0. The smallest absolute Gasteiger partial charge is 0.287 e. The highest BCUT2D eigenvalue weighted by Gasteiger charge is 2.17. The van der Waals surface area contributed by atoms with Gasteiger partial charge in [0.05, 0.1) is 13.7 Å². The molecule has 0 unspecified atom stereocenters. The Morgan fingerprint density at radius 3 is 2.88 bits per heavy atom. The SMILES string of the molecule is COc1cccc2cc(C(=O)NCc3nc(-c4cc(C)on4)no3)oc12. The number of nitrogens with zero attached hydrogens (tertiary/aromatic N) is 3. The Kier molecular flexibility index (Phi) is 3.88. The summed E-state index contributed by atoms with van der Waals surface area (Å²) < 4.78 is 20.9. The van der Waals surface area contributed by atoms with Gasteiger partial charge in [0.25, 0.3) is 5.91 Å². The van der Waals surface area contributed by atoms with Crippen molar-refractivity contribution in [3.63, 3.8) is 0 Å². The van der Waals surface area contributed by atoms with Gasteiger partial charge >= 0.3 is 0 Å². The van der Waals surface area contributed by atoms with E-state index < -0.39 is 5.91 Å². The number of rotatable bonds is 5. The molecule has 9 nitrogen and oxygen atoms in total. The van der Waals surface area contributed by atoms with Gasteiger partial charge in [0, 0.05) is 11.5 Å². The van der Waals surface area contributed by atoms with Crippen molar-refractivity contribution in [3.8, 4) is 17.3 Å². The molecule has 0 bridgehead atoms. The Hall–Kier alpha value is -3.62. The number of furan rings is 1. The molecule has 0 atom stereocenters. The van der Waals surface area contributed by atoms with E-state index in [1.807, 2.05) is 12.1 Å². The van der Waals surface area contributed by atoms with Gasteiger partial charge in [-0.1, -0.05) is 22.4 Å². The van der Waals surface area contributed by atoms with Crippen molar-refractivity contribution in [2.45, 2.75) is 13.5 Å². The molecule has 0 saturated carbocycles. The van der Waals surface area contributed by atoms with Gasteiger partial charge in [-0.25, -0.2) is 0 Å². The molecule has 26 heavy (non-hydrogen) atoms. The van der Waals surface area contributed by atoms with Crippen molar-refractivity contribution < 1.29 is 23.0 Å². The van der Waals surface area contributed by atoms with Crippen LogP contribution in [-0.2, 0) is 6.54 Å². The second kappa shape index (κ2) is 6.36. The third-order valence-electron chi connectivity index (χ3n) is 3.68. The van der Waals surface area contributed by atoms with E-state index in [2.05, 4.69) is 20.6 Å². The molecule has 3 aromatic heterocycles. The van der Waals surface area contributed by atoms with Crippen molar-refractivity contribution in [2.75, 3.05) is 7.11 Å². The molecule has 3 heterocycles. The lowest BCUT2D eigenvalue weighted by Gasteiger charge is -1.99. The van der Waals surface area contributed by atoms with Crippen LogP contribution in [0, 0.1) is 6.92 Å². The summed E-state index contributed by atoms with van der Waals surface area (Å²) in [7, 11) is 1.54. The number of hydrogen-bond donors (Lipinski definition) is 1. The Labute approximate surface area is 146 Å². The van der Waals surface area contributed by atoms with Gasteiger partial charge in [0.15, 0.2) is 22.8 Å². The molecule has 9 heteroatoms. The lowest BCUT2D eigenvalue weighted by molar-refractivity contribution is 0.0920. The van der Waals surface area contributed by atoms with Crippen molar-refractivity contribution in [1.29, 1.82) is 0 Å². The highest BCUT2D eigenvalue weighted by Crippen LogP contribution is 2.28. The summed E-state index contributed by atoms with van der Waals surface area (Å²) in [4.78, 5) is 16.5. The maximum atomic E-state index is 12.3. The summed E-state index contributed by atoms with van der Waals surface area (Å²) in [5.74, 6) is 1.49. The van der Waals surface area contributed by atoms with Crippen LogP contribution in [0.15, 0.2) is 43.8 Å². The Morgan fingerprint density at radius 1 is 1.23 bits per heavy atom. The zero-order valence-corrected chi connectivity index (χ0v) is 14.0. The van der Waals surface area contributed by atoms with Crippen molar-refractivity contribution in [1.82, 2.24) is 20.6 Å². The predicted molar refractivity (Wildman–Crippen MR) is 88.5 cm³/mol. The number of fused-ring (bicyclic) bond motifs is 1. The van der Waals surface area contributed by atoms with Crippen LogP contribution in [0.1, 0.15) is 22.2 Å². The van der Waals surface area contributed by atoms with E-state index in [1.54, 1.807) is 32.2 Å². The number of methoxy groups -OCH3 is 1. The van der Waals surface area contributed by atoms with Gasteiger partial charge in [0.2, 0.25) is 11.7 Å². The number of aryl methyl sites for hydroxylation is 1. The molecule has 132 valence electrons. The molecule has 1 aromatic carbocycles. The lowest BCUT2D eigenvalue weighted by atomic mass is 10.2. The van der Waals surface area contributed by atoms with Gasteiger partial charge < -0.3 is 23.5 Å². The van der Waals surface area contributed by atoms with Crippen molar-refractivity contribution in [2.24, 2.45) is 0 Å². The summed E-state index contributed by atoms with van der Waals surface area (Å²) >= 11 is 0. The summed E-state index contributed by atoms with van der Waals surface area (Å²) in [6.45, 7) is 1.82. The molecule has 0 aliphatic carbocycles. The van der Waals surface area contributed by atoms with Crippen LogP contribution >= 0.6 is 0 Å². The first kappa shape index (κ1) is 15.9. The van der Waals surface area contributed by atoms with E-state index in [9.17, 15) is 4.79 Å². The number of carbonyl (C=O) groups excluding carboxylic acids is 1. The number of benzene rings is 1. The fourth-order valence-corrected chi connectivity index (χ4v) is 2.45. The molecule has 0 aliphatic heterocycles. The predicted octanol–water partition coefficient (Wildman–Crippen LogP) is 2.72. The highest BCUT2D eigenvalue weighted by molar-refractivity contribution is 5.97. The monoisotopic (exact) mass is 354 g/mol. The maximum Gasteiger partial charge on any atom is 0.287 e. The molecule has 0 fully saturated rings. The standard InChI is InChI=1S/C17H14N4O5/c1-9-6-11(20-25-9)16-19-14(26-21-16)8-18-17(22)13-7-10-4-3-5-12(23-2)15(10)24-13/h3-7H,8H2,1-2H3,(H,18,22). The first-order chi connectivity index (χ1) is 12.6. The number of hydrogen-bond acceptors (Lipinski definition) is 8. The minimum Gasteiger partial charge on any atom is -0.493 e. The van der Waals surface area contributed by atoms with Gasteiger partial charge in [-0.15, -0.1) is 0 Å². The fourth-order valence-electron chi connectivity index (χ4n) is 2.45. The van der Waals surface area contributed by atoms with E-state index in [1.165, 1.54) is 0 Å². The van der Waals surface area contributed by atoms with Crippen LogP contribution < -0.4 is 10.1 Å².